The Morgan fingerprint density at radius 2 is 2.07 bits per heavy atom. The van der Waals surface area contributed by atoms with E-state index >= 15 is 0 Å². The highest BCUT2D eigenvalue weighted by Gasteiger charge is 2.02. The molecular formula is C10H14N2O3. The minimum absolute atomic E-state index is 0.120. The lowest BCUT2D eigenvalue weighted by Gasteiger charge is -2.05. The fourth-order valence-electron chi connectivity index (χ4n) is 1.10. The zero-order valence-electron chi connectivity index (χ0n) is 8.45. The van der Waals surface area contributed by atoms with Crippen molar-refractivity contribution in [3.05, 3.63) is 23.8 Å². The van der Waals surface area contributed by atoms with Crippen molar-refractivity contribution in [3.63, 3.8) is 0 Å². The van der Waals surface area contributed by atoms with Crippen molar-refractivity contribution in [2.75, 3.05) is 13.6 Å². The van der Waals surface area contributed by atoms with Gasteiger partial charge in [0.2, 0.25) is 5.91 Å². The van der Waals surface area contributed by atoms with Crippen molar-refractivity contribution < 1.29 is 15.0 Å². The first-order valence-corrected chi connectivity index (χ1v) is 4.55. The number of carbonyl (C=O) groups is 1. The molecule has 0 aliphatic carbocycles. The molecule has 0 bridgehead atoms. The van der Waals surface area contributed by atoms with E-state index in [0.29, 0.717) is 6.54 Å². The van der Waals surface area contributed by atoms with Crippen LogP contribution in [0.3, 0.4) is 0 Å². The van der Waals surface area contributed by atoms with Gasteiger partial charge in [-0.05, 0) is 24.7 Å². The second-order valence-corrected chi connectivity index (χ2v) is 3.13. The third-order valence-electron chi connectivity index (χ3n) is 1.87. The number of rotatable bonds is 4. The van der Waals surface area contributed by atoms with Gasteiger partial charge < -0.3 is 20.8 Å². The van der Waals surface area contributed by atoms with Crippen LogP contribution in [-0.4, -0.2) is 29.7 Å². The van der Waals surface area contributed by atoms with E-state index < -0.39 is 0 Å². The molecule has 0 atom stereocenters. The third kappa shape index (κ3) is 3.47. The van der Waals surface area contributed by atoms with Gasteiger partial charge in [-0.2, -0.15) is 0 Å². The molecule has 0 unspecified atom stereocenters. The number of likely N-dealkylation sites (N-methyl/N-ethyl adjacent to an activating group) is 1. The lowest BCUT2D eigenvalue weighted by Crippen LogP contribution is -2.31. The van der Waals surface area contributed by atoms with E-state index in [0.717, 1.165) is 5.56 Å². The topological polar surface area (TPSA) is 81.6 Å². The Bertz CT molecular complexity index is 353. The summed E-state index contributed by atoms with van der Waals surface area (Å²) in [4.78, 5) is 11.1. The van der Waals surface area contributed by atoms with Gasteiger partial charge >= 0.3 is 0 Å². The van der Waals surface area contributed by atoms with Gasteiger partial charge in [0.15, 0.2) is 11.5 Å². The van der Waals surface area contributed by atoms with Crippen LogP contribution >= 0.6 is 0 Å². The molecule has 5 heteroatoms. The van der Waals surface area contributed by atoms with Crippen LogP contribution in [0.25, 0.3) is 0 Å². The van der Waals surface area contributed by atoms with E-state index in [1.807, 2.05) is 0 Å². The Labute approximate surface area is 87.7 Å². The molecule has 1 amide bonds. The molecule has 0 saturated carbocycles. The summed E-state index contributed by atoms with van der Waals surface area (Å²) in [6, 6.07) is 4.43. The average molecular weight is 210 g/mol. The summed E-state index contributed by atoms with van der Waals surface area (Å²) in [5, 5.41) is 23.6. The normalized spacial score (nSPS) is 9.93. The molecule has 0 aromatic heterocycles. The molecule has 0 spiro atoms. The molecule has 82 valence electrons. The molecular weight excluding hydrogens is 196 g/mol. The zero-order valence-corrected chi connectivity index (χ0v) is 8.45. The first kappa shape index (κ1) is 11.3. The molecule has 0 saturated heterocycles. The molecule has 1 aromatic rings. The smallest absolute Gasteiger partial charge is 0.234 e. The van der Waals surface area contributed by atoms with Crippen LogP contribution in [0.2, 0.25) is 0 Å². The fourth-order valence-corrected chi connectivity index (χ4v) is 1.10. The van der Waals surface area contributed by atoms with Crippen LogP contribution in [0.1, 0.15) is 5.56 Å². The predicted molar refractivity (Wildman–Crippen MR) is 55.5 cm³/mol. The summed E-state index contributed by atoms with van der Waals surface area (Å²) >= 11 is 0. The van der Waals surface area contributed by atoms with Crippen molar-refractivity contribution in [1.82, 2.24) is 10.6 Å². The number of hydrogen-bond donors (Lipinski definition) is 4. The summed E-state index contributed by atoms with van der Waals surface area (Å²) in [6.07, 6.45) is 0. The summed E-state index contributed by atoms with van der Waals surface area (Å²) in [7, 11) is 1.69. The zero-order chi connectivity index (χ0) is 11.3. The minimum Gasteiger partial charge on any atom is -0.504 e. The van der Waals surface area contributed by atoms with E-state index in [1.165, 1.54) is 12.1 Å². The standard InChI is InChI=1S/C10H14N2O3/c1-11-6-10(15)12-5-7-2-3-8(13)9(14)4-7/h2-4,11,13-14H,5-6H2,1H3,(H,12,15). The molecule has 15 heavy (non-hydrogen) atoms. The first-order valence-electron chi connectivity index (χ1n) is 4.55. The second-order valence-electron chi connectivity index (χ2n) is 3.13. The van der Waals surface area contributed by atoms with Gasteiger partial charge in [0, 0.05) is 6.54 Å². The molecule has 1 rings (SSSR count). The molecule has 0 heterocycles. The molecule has 0 radical (unpaired) electrons. The summed E-state index contributed by atoms with van der Waals surface area (Å²) in [5.74, 6) is -0.472. The lowest BCUT2D eigenvalue weighted by atomic mass is 10.2. The van der Waals surface area contributed by atoms with E-state index in [1.54, 1.807) is 13.1 Å². The van der Waals surface area contributed by atoms with Crippen LogP contribution in [0, 0.1) is 0 Å². The van der Waals surface area contributed by atoms with Gasteiger partial charge in [-0.25, -0.2) is 0 Å². The Balaban J connectivity index is 2.51. The number of phenols is 2. The van der Waals surface area contributed by atoms with Crippen molar-refractivity contribution in [2.45, 2.75) is 6.54 Å². The summed E-state index contributed by atoms with van der Waals surface area (Å²) < 4.78 is 0. The van der Waals surface area contributed by atoms with Crippen molar-refractivity contribution >= 4 is 5.91 Å². The molecule has 0 aliphatic rings. The highest BCUT2D eigenvalue weighted by molar-refractivity contribution is 5.77. The summed E-state index contributed by atoms with van der Waals surface area (Å²) in [5.41, 5.74) is 0.731. The fraction of sp³-hybridized carbons (Fsp3) is 0.300. The number of phenolic OH excluding ortho intramolecular Hbond substituents is 2. The SMILES string of the molecule is CNCC(=O)NCc1ccc(O)c(O)c1. The largest absolute Gasteiger partial charge is 0.504 e. The van der Waals surface area contributed by atoms with Crippen LogP contribution < -0.4 is 10.6 Å². The average Bonchev–Trinajstić information content (AvgIpc) is 2.20. The number of carbonyl (C=O) groups excluding carboxylic acids is 1. The molecule has 4 N–H and O–H groups in total. The van der Waals surface area contributed by atoms with Gasteiger partial charge in [0.25, 0.3) is 0 Å². The van der Waals surface area contributed by atoms with E-state index in [2.05, 4.69) is 10.6 Å². The maximum Gasteiger partial charge on any atom is 0.234 e. The van der Waals surface area contributed by atoms with Crippen LogP contribution in [0.15, 0.2) is 18.2 Å². The quantitative estimate of drug-likeness (QED) is 0.524. The third-order valence-corrected chi connectivity index (χ3v) is 1.87. The Morgan fingerprint density at radius 1 is 1.33 bits per heavy atom. The lowest BCUT2D eigenvalue weighted by molar-refractivity contribution is -0.120. The predicted octanol–water partition coefficient (Wildman–Crippen LogP) is -0.0666. The van der Waals surface area contributed by atoms with E-state index in [4.69, 9.17) is 5.11 Å². The number of hydrogen-bond acceptors (Lipinski definition) is 4. The van der Waals surface area contributed by atoms with Crippen LogP contribution in [0.5, 0.6) is 11.5 Å². The highest BCUT2D eigenvalue weighted by atomic mass is 16.3. The maximum atomic E-state index is 11.1. The van der Waals surface area contributed by atoms with Crippen LogP contribution in [-0.2, 0) is 11.3 Å². The molecule has 0 aliphatic heterocycles. The van der Waals surface area contributed by atoms with E-state index in [9.17, 15) is 9.90 Å². The minimum atomic E-state index is -0.185. The highest BCUT2D eigenvalue weighted by Crippen LogP contribution is 2.24. The molecule has 5 nitrogen and oxygen atoms in total. The number of benzene rings is 1. The second kappa shape index (κ2) is 5.21. The van der Waals surface area contributed by atoms with Gasteiger partial charge in [-0.15, -0.1) is 0 Å². The van der Waals surface area contributed by atoms with Gasteiger partial charge in [-0.3, -0.25) is 4.79 Å². The molecule has 0 fully saturated rings. The van der Waals surface area contributed by atoms with Crippen molar-refractivity contribution in [1.29, 1.82) is 0 Å². The first-order chi connectivity index (χ1) is 7.13. The van der Waals surface area contributed by atoms with Gasteiger partial charge in [0.1, 0.15) is 0 Å². The van der Waals surface area contributed by atoms with Gasteiger partial charge in [0.05, 0.1) is 6.54 Å². The maximum absolute atomic E-state index is 11.1. The van der Waals surface area contributed by atoms with Crippen molar-refractivity contribution in [2.24, 2.45) is 0 Å². The number of aromatic hydroxyl groups is 2. The van der Waals surface area contributed by atoms with Crippen LogP contribution in [0.4, 0.5) is 0 Å². The Kier molecular flexibility index (Phi) is 3.93. The monoisotopic (exact) mass is 210 g/mol. The van der Waals surface area contributed by atoms with Gasteiger partial charge in [-0.1, -0.05) is 6.07 Å². The Morgan fingerprint density at radius 3 is 2.67 bits per heavy atom. The van der Waals surface area contributed by atoms with Crippen molar-refractivity contribution in [3.8, 4) is 11.5 Å². The number of nitrogens with one attached hydrogen (secondary N) is 2. The Hall–Kier alpha value is -1.75. The summed E-state index contributed by atoms with van der Waals surface area (Å²) in [6.45, 7) is 0.582. The number of amides is 1. The van der Waals surface area contributed by atoms with E-state index in [-0.39, 0.29) is 24.0 Å². The molecule has 1 aromatic carbocycles.